The molecule has 7 nitrogen and oxygen atoms in total. The van der Waals surface area contributed by atoms with Gasteiger partial charge in [-0.1, -0.05) is 35.5 Å². The molecular formula is C24H27ClN4O3S. The molecule has 1 aliphatic heterocycles. The van der Waals surface area contributed by atoms with E-state index in [1.165, 1.54) is 11.8 Å². The fourth-order valence-electron chi connectivity index (χ4n) is 3.78. The molecule has 0 bridgehead atoms. The van der Waals surface area contributed by atoms with Crippen molar-refractivity contribution in [2.75, 3.05) is 19.5 Å². The van der Waals surface area contributed by atoms with Crippen LogP contribution in [0.25, 0.3) is 11.4 Å². The number of nitrogens with zero attached hydrogens (tertiary/aromatic N) is 3. The van der Waals surface area contributed by atoms with Crippen molar-refractivity contribution in [2.24, 2.45) is 0 Å². The molecule has 2 aromatic carbocycles. The molecule has 2 heterocycles. The Morgan fingerprint density at radius 3 is 2.82 bits per heavy atom. The first-order valence-corrected chi connectivity index (χ1v) is 12.3. The van der Waals surface area contributed by atoms with E-state index in [-0.39, 0.29) is 23.8 Å². The summed E-state index contributed by atoms with van der Waals surface area (Å²) >= 11 is 7.44. The molecule has 0 aliphatic carbocycles. The number of methoxy groups -OCH3 is 1. The summed E-state index contributed by atoms with van der Waals surface area (Å²) in [6.45, 7) is 3.37. The van der Waals surface area contributed by atoms with Crippen LogP contribution in [0.1, 0.15) is 31.4 Å². The second kappa shape index (κ2) is 11.0. The molecule has 1 aliphatic rings. The summed E-state index contributed by atoms with van der Waals surface area (Å²) in [4.78, 5) is 12.6. The number of rotatable bonds is 9. The predicted molar refractivity (Wildman–Crippen MR) is 130 cm³/mol. The zero-order valence-electron chi connectivity index (χ0n) is 18.7. The van der Waals surface area contributed by atoms with E-state index < -0.39 is 0 Å². The average molecular weight is 487 g/mol. The fourth-order valence-corrected chi connectivity index (χ4v) is 4.74. The number of aromatic nitrogens is 3. The minimum absolute atomic E-state index is 0.0786. The zero-order chi connectivity index (χ0) is 23.2. The zero-order valence-corrected chi connectivity index (χ0v) is 20.2. The summed E-state index contributed by atoms with van der Waals surface area (Å²) < 4.78 is 13.2. The molecule has 0 spiro atoms. The van der Waals surface area contributed by atoms with E-state index in [1.54, 1.807) is 7.11 Å². The van der Waals surface area contributed by atoms with Crippen LogP contribution >= 0.6 is 23.4 Å². The Morgan fingerprint density at radius 1 is 1.30 bits per heavy atom. The van der Waals surface area contributed by atoms with Crippen molar-refractivity contribution in [1.82, 2.24) is 20.1 Å². The SMILES string of the molecule is COc1ccc(-c2nnc(SCC(=O)N[C@@H](C)c3cccc(Cl)c3)n2C[C@H]2CCCO2)cc1. The van der Waals surface area contributed by atoms with Gasteiger partial charge in [-0.2, -0.15) is 0 Å². The largest absolute Gasteiger partial charge is 0.497 e. The van der Waals surface area contributed by atoms with Gasteiger partial charge in [0.25, 0.3) is 0 Å². The highest BCUT2D eigenvalue weighted by atomic mass is 35.5. The molecule has 3 aromatic rings. The van der Waals surface area contributed by atoms with E-state index in [2.05, 4.69) is 20.1 Å². The summed E-state index contributed by atoms with van der Waals surface area (Å²) in [5.74, 6) is 1.69. The van der Waals surface area contributed by atoms with Crippen LogP contribution < -0.4 is 10.1 Å². The maximum Gasteiger partial charge on any atom is 0.230 e. The number of carbonyl (C=O) groups is 1. The van der Waals surface area contributed by atoms with Crippen LogP contribution in [0.4, 0.5) is 0 Å². The third kappa shape index (κ3) is 6.07. The van der Waals surface area contributed by atoms with Crippen molar-refractivity contribution in [1.29, 1.82) is 0 Å². The second-order valence-electron chi connectivity index (χ2n) is 7.91. The van der Waals surface area contributed by atoms with Crippen LogP contribution in [0.2, 0.25) is 5.02 Å². The van der Waals surface area contributed by atoms with E-state index in [4.69, 9.17) is 21.1 Å². The van der Waals surface area contributed by atoms with E-state index in [0.717, 1.165) is 42.1 Å². The number of hydrogen-bond donors (Lipinski definition) is 1. The van der Waals surface area contributed by atoms with Crippen molar-refractivity contribution in [2.45, 2.75) is 43.6 Å². The Bertz CT molecular complexity index is 1080. The van der Waals surface area contributed by atoms with Crippen molar-refractivity contribution < 1.29 is 14.3 Å². The molecule has 174 valence electrons. The Morgan fingerprint density at radius 2 is 2.12 bits per heavy atom. The maximum absolute atomic E-state index is 12.6. The van der Waals surface area contributed by atoms with Gasteiger partial charge < -0.3 is 14.8 Å². The number of thioether (sulfide) groups is 1. The van der Waals surface area contributed by atoms with Crippen LogP contribution in [0, 0.1) is 0 Å². The van der Waals surface area contributed by atoms with Gasteiger partial charge in [0.05, 0.1) is 31.6 Å². The monoisotopic (exact) mass is 486 g/mol. The van der Waals surface area contributed by atoms with E-state index in [1.807, 2.05) is 55.5 Å². The molecular weight excluding hydrogens is 460 g/mol. The molecule has 1 amide bonds. The van der Waals surface area contributed by atoms with E-state index >= 15 is 0 Å². The standard InChI is InChI=1S/C24H27ClN4O3S/c1-16(18-5-3-6-19(25)13-18)26-22(30)15-33-24-28-27-23(17-8-10-20(31-2)11-9-17)29(24)14-21-7-4-12-32-21/h3,5-6,8-11,13,16,21H,4,7,12,14-15H2,1-2H3,(H,26,30)/t16-,21+/m0/s1. The van der Waals surface area contributed by atoms with Crippen molar-refractivity contribution in [3.05, 3.63) is 59.1 Å². The summed E-state index contributed by atoms with van der Waals surface area (Å²) in [5.41, 5.74) is 1.90. The molecule has 1 N–H and O–H groups in total. The highest BCUT2D eigenvalue weighted by molar-refractivity contribution is 7.99. The van der Waals surface area contributed by atoms with Gasteiger partial charge in [-0.15, -0.1) is 10.2 Å². The quantitative estimate of drug-likeness (QED) is 0.439. The summed E-state index contributed by atoms with van der Waals surface area (Å²) in [7, 11) is 1.64. The molecule has 0 saturated carbocycles. The lowest BCUT2D eigenvalue weighted by atomic mass is 10.1. The molecule has 1 aromatic heterocycles. The minimum Gasteiger partial charge on any atom is -0.497 e. The summed E-state index contributed by atoms with van der Waals surface area (Å²) in [6, 6.07) is 15.1. The number of amides is 1. The van der Waals surface area contributed by atoms with Crippen molar-refractivity contribution >= 4 is 29.3 Å². The lowest BCUT2D eigenvalue weighted by molar-refractivity contribution is -0.119. The Kier molecular flexibility index (Phi) is 7.90. The summed E-state index contributed by atoms with van der Waals surface area (Å²) in [6.07, 6.45) is 2.17. The first-order chi connectivity index (χ1) is 16.0. The smallest absolute Gasteiger partial charge is 0.230 e. The molecule has 9 heteroatoms. The highest BCUT2D eigenvalue weighted by Crippen LogP contribution is 2.28. The number of hydrogen-bond acceptors (Lipinski definition) is 6. The number of carbonyl (C=O) groups excluding carboxylic acids is 1. The number of benzene rings is 2. The van der Waals surface area contributed by atoms with Gasteiger partial charge >= 0.3 is 0 Å². The van der Waals surface area contributed by atoms with Crippen molar-refractivity contribution in [3.8, 4) is 17.1 Å². The van der Waals surface area contributed by atoms with Gasteiger partial charge in [-0.05, 0) is 61.7 Å². The highest BCUT2D eigenvalue weighted by Gasteiger charge is 2.22. The first-order valence-electron chi connectivity index (χ1n) is 10.9. The Balaban J connectivity index is 1.46. The minimum atomic E-state index is -0.142. The molecule has 0 radical (unpaired) electrons. The van der Waals surface area contributed by atoms with Crippen LogP contribution in [0.15, 0.2) is 53.7 Å². The Hall–Kier alpha value is -2.55. The Labute approximate surface area is 202 Å². The molecule has 0 unspecified atom stereocenters. The first kappa shape index (κ1) is 23.6. The summed E-state index contributed by atoms with van der Waals surface area (Å²) in [5, 5.41) is 13.2. The number of halogens is 1. The fraction of sp³-hybridized carbons (Fsp3) is 0.375. The molecule has 2 atom stereocenters. The van der Waals surface area contributed by atoms with Gasteiger partial charge in [0.2, 0.25) is 5.91 Å². The second-order valence-corrected chi connectivity index (χ2v) is 9.29. The third-order valence-corrected chi connectivity index (χ3v) is 6.74. The molecule has 1 saturated heterocycles. The number of ether oxygens (including phenoxy) is 2. The van der Waals surface area contributed by atoms with E-state index in [9.17, 15) is 4.79 Å². The molecule has 4 rings (SSSR count). The van der Waals surface area contributed by atoms with Gasteiger partial charge in [0.1, 0.15) is 5.75 Å². The normalized spacial score (nSPS) is 16.5. The van der Waals surface area contributed by atoms with Crippen LogP contribution in [0.3, 0.4) is 0 Å². The van der Waals surface area contributed by atoms with Gasteiger partial charge in [0.15, 0.2) is 11.0 Å². The van der Waals surface area contributed by atoms with Gasteiger partial charge in [-0.25, -0.2) is 0 Å². The third-order valence-electron chi connectivity index (χ3n) is 5.53. The average Bonchev–Trinajstić information content (AvgIpc) is 3.48. The van der Waals surface area contributed by atoms with Gasteiger partial charge in [-0.3, -0.25) is 9.36 Å². The maximum atomic E-state index is 12.6. The molecule has 33 heavy (non-hydrogen) atoms. The van der Waals surface area contributed by atoms with Gasteiger partial charge in [0, 0.05) is 17.2 Å². The molecule has 1 fully saturated rings. The van der Waals surface area contributed by atoms with Crippen LogP contribution in [-0.2, 0) is 16.1 Å². The van der Waals surface area contributed by atoms with E-state index in [0.29, 0.717) is 16.7 Å². The van der Waals surface area contributed by atoms with Crippen LogP contribution in [0.5, 0.6) is 5.75 Å². The van der Waals surface area contributed by atoms with Crippen molar-refractivity contribution in [3.63, 3.8) is 0 Å². The topological polar surface area (TPSA) is 78.3 Å². The lowest BCUT2D eigenvalue weighted by Crippen LogP contribution is -2.28. The lowest BCUT2D eigenvalue weighted by Gasteiger charge is -2.16. The van der Waals surface area contributed by atoms with Crippen LogP contribution in [-0.4, -0.2) is 46.2 Å². The predicted octanol–water partition coefficient (Wildman–Crippen LogP) is 4.76. The number of nitrogens with one attached hydrogen (secondary N) is 1.